The van der Waals surface area contributed by atoms with Gasteiger partial charge in [-0.3, -0.25) is 14.3 Å². The van der Waals surface area contributed by atoms with Gasteiger partial charge in [-0.15, -0.1) is 0 Å². The fraction of sp³-hybridized carbons (Fsp3) is 0.444. The van der Waals surface area contributed by atoms with Crippen LogP contribution in [0, 0.1) is 13.8 Å². The van der Waals surface area contributed by atoms with Crippen LogP contribution < -0.4 is 11.2 Å². The molecule has 0 amide bonds. The van der Waals surface area contributed by atoms with E-state index in [4.69, 9.17) is 0 Å². The minimum absolute atomic E-state index is 0.224. The summed E-state index contributed by atoms with van der Waals surface area (Å²) in [5, 5.41) is 0. The molecule has 122 valence electrons. The largest absolute Gasteiger partial charge is 0.328 e. The van der Waals surface area contributed by atoms with Gasteiger partial charge in [0.2, 0.25) is 0 Å². The molecule has 1 aromatic heterocycles. The van der Waals surface area contributed by atoms with Crippen LogP contribution in [0.2, 0.25) is 0 Å². The highest BCUT2D eigenvalue weighted by Gasteiger charge is 2.26. The number of likely N-dealkylation sites (tertiary alicyclic amines) is 1. The second-order valence-corrected chi connectivity index (χ2v) is 6.30. The molecule has 5 nitrogen and oxygen atoms in total. The minimum atomic E-state index is -0.318. The third-order valence-corrected chi connectivity index (χ3v) is 4.68. The lowest BCUT2D eigenvalue weighted by atomic mass is 9.99. The molecular formula is C18H23N3O2. The number of benzene rings is 1. The molecule has 1 saturated heterocycles. The van der Waals surface area contributed by atoms with Gasteiger partial charge in [0.15, 0.2) is 0 Å². The van der Waals surface area contributed by atoms with Crippen molar-refractivity contribution in [2.45, 2.75) is 39.3 Å². The van der Waals surface area contributed by atoms with E-state index in [0.717, 1.165) is 19.4 Å². The Morgan fingerprint density at radius 2 is 1.96 bits per heavy atom. The van der Waals surface area contributed by atoms with Gasteiger partial charge in [0.05, 0.1) is 0 Å². The van der Waals surface area contributed by atoms with Crippen LogP contribution in [0.25, 0.3) is 0 Å². The highest BCUT2D eigenvalue weighted by molar-refractivity contribution is 5.29. The van der Waals surface area contributed by atoms with Crippen molar-refractivity contribution in [1.29, 1.82) is 0 Å². The van der Waals surface area contributed by atoms with Crippen molar-refractivity contribution in [3.8, 4) is 0 Å². The van der Waals surface area contributed by atoms with E-state index in [-0.39, 0.29) is 11.2 Å². The van der Waals surface area contributed by atoms with E-state index in [9.17, 15) is 9.59 Å². The van der Waals surface area contributed by atoms with Crippen molar-refractivity contribution < 1.29 is 0 Å². The Hall–Kier alpha value is -2.14. The molecule has 2 heterocycles. The van der Waals surface area contributed by atoms with Gasteiger partial charge in [-0.05, 0) is 44.4 Å². The van der Waals surface area contributed by atoms with Crippen molar-refractivity contribution >= 4 is 0 Å². The lowest BCUT2D eigenvalue weighted by molar-refractivity contribution is 0.243. The predicted molar refractivity (Wildman–Crippen MR) is 90.8 cm³/mol. The van der Waals surface area contributed by atoms with Gasteiger partial charge in [-0.1, -0.05) is 24.3 Å². The van der Waals surface area contributed by atoms with E-state index in [2.05, 4.69) is 41.1 Å². The normalized spacial score (nSPS) is 18.4. The number of aryl methyl sites for hydroxylation is 2. The van der Waals surface area contributed by atoms with E-state index in [1.54, 1.807) is 6.92 Å². The third-order valence-electron chi connectivity index (χ3n) is 4.68. The second-order valence-electron chi connectivity index (χ2n) is 6.30. The van der Waals surface area contributed by atoms with Crippen LogP contribution >= 0.6 is 0 Å². The Labute approximate surface area is 135 Å². The molecule has 0 aliphatic carbocycles. The van der Waals surface area contributed by atoms with Crippen molar-refractivity contribution in [2.24, 2.45) is 0 Å². The Morgan fingerprint density at radius 3 is 2.70 bits per heavy atom. The Morgan fingerprint density at radius 1 is 1.17 bits per heavy atom. The molecule has 1 aliphatic rings. The summed E-state index contributed by atoms with van der Waals surface area (Å²) in [6.07, 6.45) is 2.28. The summed E-state index contributed by atoms with van der Waals surface area (Å²) in [7, 11) is 0. The molecule has 0 spiro atoms. The van der Waals surface area contributed by atoms with Crippen molar-refractivity contribution in [1.82, 2.24) is 14.5 Å². The maximum absolute atomic E-state index is 12.0. The summed E-state index contributed by atoms with van der Waals surface area (Å²) in [5.41, 5.74) is 2.72. The molecule has 2 aromatic rings. The predicted octanol–water partition coefficient (Wildman–Crippen LogP) is 1.99. The summed E-state index contributed by atoms with van der Waals surface area (Å²) in [6, 6.07) is 10.3. The fourth-order valence-corrected chi connectivity index (χ4v) is 3.48. The molecule has 0 bridgehead atoms. The lowest BCUT2D eigenvalue weighted by Crippen LogP contribution is -2.39. The number of hydrogen-bond donors (Lipinski definition) is 1. The van der Waals surface area contributed by atoms with Crippen LogP contribution in [-0.2, 0) is 6.54 Å². The second kappa shape index (κ2) is 6.54. The van der Waals surface area contributed by atoms with Crippen LogP contribution in [0.3, 0.4) is 0 Å². The fourth-order valence-electron chi connectivity index (χ4n) is 3.48. The summed E-state index contributed by atoms with van der Waals surface area (Å²) >= 11 is 0. The average molecular weight is 313 g/mol. The molecule has 1 atom stereocenters. The van der Waals surface area contributed by atoms with Crippen molar-refractivity contribution in [2.75, 3.05) is 13.1 Å². The zero-order valence-corrected chi connectivity index (χ0v) is 13.7. The van der Waals surface area contributed by atoms with Gasteiger partial charge in [0.1, 0.15) is 0 Å². The standard InChI is InChI=1S/C18H23N3O2/c1-13-6-3-4-7-15(13)16-8-5-9-20(16)10-11-21-17(22)12-14(2)19-18(21)23/h3-4,6-7,12,16H,5,8-11H2,1-2H3,(H,19,23). The lowest BCUT2D eigenvalue weighted by Gasteiger charge is -2.26. The van der Waals surface area contributed by atoms with Crippen LogP contribution in [-0.4, -0.2) is 27.5 Å². The molecule has 5 heteroatoms. The highest BCUT2D eigenvalue weighted by atomic mass is 16.2. The average Bonchev–Trinajstić information content (AvgIpc) is 2.95. The van der Waals surface area contributed by atoms with E-state index < -0.39 is 0 Å². The molecule has 1 aliphatic heterocycles. The molecule has 0 radical (unpaired) electrons. The zero-order valence-electron chi connectivity index (χ0n) is 13.7. The molecule has 3 rings (SSSR count). The molecule has 0 saturated carbocycles. The number of hydrogen-bond acceptors (Lipinski definition) is 3. The SMILES string of the molecule is Cc1cc(=O)n(CCN2CCCC2c2ccccc2C)c(=O)[nH]1. The molecule has 1 fully saturated rings. The number of nitrogens with one attached hydrogen (secondary N) is 1. The molecular weight excluding hydrogens is 290 g/mol. The summed E-state index contributed by atoms with van der Waals surface area (Å²) < 4.78 is 1.29. The van der Waals surface area contributed by atoms with Crippen molar-refractivity contribution in [3.05, 3.63) is 68.0 Å². The minimum Gasteiger partial charge on any atom is -0.311 e. The summed E-state index contributed by atoms with van der Waals surface area (Å²) in [4.78, 5) is 29.0. The maximum Gasteiger partial charge on any atom is 0.328 e. The van der Waals surface area contributed by atoms with Crippen LogP contribution in [0.15, 0.2) is 39.9 Å². The first kappa shape index (κ1) is 15.7. The Bertz CT molecular complexity index is 775. The Kier molecular flexibility index (Phi) is 4.48. The summed E-state index contributed by atoms with van der Waals surface area (Å²) in [6.45, 7) is 6.02. The van der Waals surface area contributed by atoms with Gasteiger partial charge in [0.25, 0.3) is 5.56 Å². The van der Waals surface area contributed by atoms with Crippen LogP contribution in [0.1, 0.15) is 35.7 Å². The molecule has 1 aromatic carbocycles. The van der Waals surface area contributed by atoms with Gasteiger partial charge in [-0.2, -0.15) is 0 Å². The number of aromatic amines is 1. The van der Waals surface area contributed by atoms with Crippen LogP contribution in [0.4, 0.5) is 0 Å². The Balaban J connectivity index is 1.77. The molecule has 23 heavy (non-hydrogen) atoms. The highest BCUT2D eigenvalue weighted by Crippen LogP contribution is 2.33. The monoisotopic (exact) mass is 313 g/mol. The third kappa shape index (κ3) is 3.29. The van der Waals surface area contributed by atoms with E-state index in [1.165, 1.54) is 21.8 Å². The number of aromatic nitrogens is 2. The first-order valence-electron chi connectivity index (χ1n) is 8.16. The van der Waals surface area contributed by atoms with E-state index in [1.807, 2.05) is 0 Å². The van der Waals surface area contributed by atoms with Gasteiger partial charge in [-0.25, -0.2) is 4.79 Å². The number of H-pyrrole nitrogens is 1. The van der Waals surface area contributed by atoms with E-state index in [0.29, 0.717) is 24.8 Å². The maximum atomic E-state index is 12.0. The zero-order chi connectivity index (χ0) is 16.4. The number of nitrogens with zero attached hydrogens (tertiary/aromatic N) is 2. The topological polar surface area (TPSA) is 58.1 Å². The van der Waals surface area contributed by atoms with Gasteiger partial charge in [0, 0.05) is 30.9 Å². The molecule has 1 N–H and O–H groups in total. The smallest absolute Gasteiger partial charge is 0.311 e. The number of rotatable bonds is 4. The first-order chi connectivity index (χ1) is 11.1. The van der Waals surface area contributed by atoms with Crippen LogP contribution in [0.5, 0.6) is 0 Å². The molecule has 1 unspecified atom stereocenters. The quantitative estimate of drug-likeness (QED) is 0.939. The van der Waals surface area contributed by atoms with Gasteiger partial charge >= 0.3 is 5.69 Å². The first-order valence-corrected chi connectivity index (χ1v) is 8.16. The summed E-state index contributed by atoms with van der Waals surface area (Å²) in [5.74, 6) is 0. The van der Waals surface area contributed by atoms with Crippen molar-refractivity contribution in [3.63, 3.8) is 0 Å². The van der Waals surface area contributed by atoms with E-state index >= 15 is 0 Å². The van der Waals surface area contributed by atoms with Gasteiger partial charge < -0.3 is 4.98 Å².